The van der Waals surface area contributed by atoms with E-state index in [9.17, 15) is 4.79 Å². The number of nitrogens with two attached hydrogens (primary N) is 1. The van der Waals surface area contributed by atoms with Crippen molar-refractivity contribution >= 4 is 22.8 Å². The number of carbonyl (C=O) groups is 1. The van der Waals surface area contributed by atoms with Gasteiger partial charge in [0.1, 0.15) is 17.6 Å². The second kappa shape index (κ2) is 8.31. The average molecular weight is 444 g/mol. The van der Waals surface area contributed by atoms with Gasteiger partial charge in [0.25, 0.3) is 5.91 Å². The molecule has 6 nitrogen and oxygen atoms in total. The molecule has 33 heavy (non-hydrogen) atoms. The maximum absolute atomic E-state index is 15.0. The van der Waals surface area contributed by atoms with Crippen LogP contribution in [-0.2, 0) is 12.8 Å². The lowest BCUT2D eigenvalue weighted by atomic mass is 9.91. The molecule has 3 N–H and O–H groups in total. The Balaban J connectivity index is 1.63. The molecule has 4 aromatic rings. The number of rotatable bonds is 4. The molecule has 5 rings (SSSR count). The predicted octanol–water partition coefficient (Wildman–Crippen LogP) is 4.67. The largest absolute Gasteiger partial charge is 0.368 e. The highest BCUT2D eigenvalue weighted by atomic mass is 19.1. The van der Waals surface area contributed by atoms with Crippen LogP contribution in [0.5, 0.6) is 0 Å². The van der Waals surface area contributed by atoms with Crippen molar-refractivity contribution in [2.45, 2.75) is 32.7 Å². The van der Waals surface area contributed by atoms with Crippen LogP contribution in [0.25, 0.3) is 10.9 Å². The highest BCUT2D eigenvalue weighted by Crippen LogP contribution is 2.39. The maximum Gasteiger partial charge on any atom is 0.273 e. The summed E-state index contributed by atoms with van der Waals surface area (Å²) in [4.78, 5) is 27.4. The van der Waals surface area contributed by atoms with Gasteiger partial charge in [-0.15, -0.1) is 0 Å². The topological polar surface area (TPSA) is 87.9 Å². The van der Waals surface area contributed by atoms with Crippen molar-refractivity contribution < 1.29 is 9.18 Å². The Bertz CT molecular complexity index is 1350. The Morgan fingerprint density at radius 1 is 1.18 bits per heavy atom. The third-order valence-electron chi connectivity index (χ3n) is 6.13. The van der Waals surface area contributed by atoms with Crippen molar-refractivity contribution in [3.05, 3.63) is 88.6 Å². The second-order valence-electron chi connectivity index (χ2n) is 8.94. The molecular weight excluding hydrogens is 417 g/mol. The number of amides is 1. The molecule has 0 saturated carbocycles. The van der Waals surface area contributed by atoms with E-state index in [0.29, 0.717) is 30.9 Å². The molecule has 1 aliphatic rings. The number of nitrogens with zero attached hydrogens (tertiary/aromatic N) is 3. The quantitative estimate of drug-likeness (QED) is 0.480. The number of H-pyrrole nitrogens is 1. The summed E-state index contributed by atoms with van der Waals surface area (Å²) in [6, 6.07) is 15.7. The fourth-order valence-corrected chi connectivity index (χ4v) is 4.78. The van der Waals surface area contributed by atoms with Crippen LogP contribution in [-0.4, -0.2) is 32.3 Å². The molecule has 0 fully saturated rings. The smallest absolute Gasteiger partial charge is 0.273 e. The van der Waals surface area contributed by atoms with E-state index in [-0.39, 0.29) is 23.4 Å². The number of fused-ring (bicyclic) bond motifs is 3. The van der Waals surface area contributed by atoms with Gasteiger partial charge in [0, 0.05) is 34.4 Å². The standard InChI is InChI=1S/C26H26FN5O/c1-15(2)13-16-14-22(31-26(28)29-16)25(33)32-12-11-18-17-7-4-6-10-21(17)30-23(18)24(32)19-8-3-5-9-20(19)27/h3-10,14-15,24,30H,11-13H2,1-2H3,(H2,28,29,31). The van der Waals surface area contributed by atoms with Gasteiger partial charge in [0.05, 0.1) is 0 Å². The van der Waals surface area contributed by atoms with Gasteiger partial charge in [0.2, 0.25) is 5.95 Å². The lowest BCUT2D eigenvalue weighted by molar-refractivity contribution is 0.0683. The summed E-state index contributed by atoms with van der Waals surface area (Å²) in [5, 5.41) is 1.10. The first-order valence-electron chi connectivity index (χ1n) is 11.2. The Hall–Kier alpha value is -3.74. The van der Waals surface area contributed by atoms with Gasteiger partial charge in [-0.3, -0.25) is 4.79 Å². The summed E-state index contributed by atoms with van der Waals surface area (Å²) in [6.07, 6.45) is 1.35. The second-order valence-corrected chi connectivity index (χ2v) is 8.94. The Morgan fingerprint density at radius 2 is 1.94 bits per heavy atom. The lowest BCUT2D eigenvalue weighted by Gasteiger charge is -2.36. The van der Waals surface area contributed by atoms with Gasteiger partial charge in [-0.1, -0.05) is 50.2 Å². The van der Waals surface area contributed by atoms with Crippen LogP contribution in [0.4, 0.5) is 10.3 Å². The van der Waals surface area contributed by atoms with E-state index in [1.54, 1.807) is 29.2 Å². The van der Waals surface area contributed by atoms with E-state index in [1.807, 2.05) is 18.2 Å². The Labute approximate surface area is 191 Å². The fourth-order valence-electron chi connectivity index (χ4n) is 4.78. The van der Waals surface area contributed by atoms with Gasteiger partial charge in [-0.05, 0) is 42.5 Å². The molecule has 1 amide bonds. The molecule has 0 spiro atoms. The van der Waals surface area contributed by atoms with Gasteiger partial charge in [0.15, 0.2) is 0 Å². The molecule has 1 aliphatic heterocycles. The number of benzene rings is 2. The molecular formula is C26H26FN5O. The minimum absolute atomic E-state index is 0.0715. The van der Waals surface area contributed by atoms with Crippen LogP contribution >= 0.6 is 0 Å². The molecule has 2 aromatic heterocycles. The number of hydrogen-bond acceptors (Lipinski definition) is 4. The fraction of sp³-hybridized carbons (Fsp3) is 0.269. The summed E-state index contributed by atoms with van der Waals surface area (Å²) in [6.45, 7) is 4.60. The number of halogens is 1. The van der Waals surface area contributed by atoms with Crippen LogP contribution in [0.3, 0.4) is 0 Å². The van der Waals surface area contributed by atoms with Crippen molar-refractivity contribution in [3.63, 3.8) is 0 Å². The first-order valence-corrected chi connectivity index (χ1v) is 11.2. The number of carbonyl (C=O) groups excluding carboxylic acids is 1. The summed E-state index contributed by atoms with van der Waals surface area (Å²) in [5.41, 5.74) is 10.3. The molecule has 0 radical (unpaired) electrons. The van der Waals surface area contributed by atoms with Crippen LogP contribution in [0.1, 0.15) is 52.9 Å². The van der Waals surface area contributed by atoms with Crippen LogP contribution in [0.2, 0.25) is 0 Å². The van der Waals surface area contributed by atoms with Gasteiger partial charge in [-0.25, -0.2) is 14.4 Å². The Kier molecular flexibility index (Phi) is 5.32. The van der Waals surface area contributed by atoms with Gasteiger partial charge < -0.3 is 15.6 Å². The van der Waals surface area contributed by atoms with E-state index in [4.69, 9.17) is 5.73 Å². The maximum atomic E-state index is 15.0. The van der Waals surface area contributed by atoms with E-state index in [0.717, 1.165) is 27.9 Å². The number of nitrogens with one attached hydrogen (secondary N) is 1. The zero-order chi connectivity index (χ0) is 23.1. The highest BCUT2D eigenvalue weighted by molar-refractivity contribution is 5.94. The summed E-state index contributed by atoms with van der Waals surface area (Å²) in [7, 11) is 0. The van der Waals surface area contributed by atoms with Crippen molar-refractivity contribution in [2.24, 2.45) is 5.92 Å². The normalized spacial score (nSPS) is 15.8. The number of aromatic nitrogens is 3. The highest BCUT2D eigenvalue weighted by Gasteiger charge is 2.36. The van der Waals surface area contributed by atoms with Crippen LogP contribution in [0.15, 0.2) is 54.6 Å². The minimum atomic E-state index is -0.598. The number of anilines is 1. The van der Waals surface area contributed by atoms with E-state index < -0.39 is 6.04 Å². The zero-order valence-corrected chi connectivity index (χ0v) is 18.7. The zero-order valence-electron chi connectivity index (χ0n) is 18.7. The number of nitrogen functional groups attached to an aromatic ring is 1. The summed E-state index contributed by atoms with van der Waals surface area (Å²) in [5.74, 6) is -0.208. The lowest BCUT2D eigenvalue weighted by Crippen LogP contribution is -2.41. The van der Waals surface area contributed by atoms with E-state index in [2.05, 4.69) is 34.9 Å². The predicted molar refractivity (Wildman–Crippen MR) is 126 cm³/mol. The van der Waals surface area contributed by atoms with Crippen molar-refractivity contribution in [2.75, 3.05) is 12.3 Å². The monoisotopic (exact) mass is 443 g/mol. The third kappa shape index (κ3) is 3.84. The molecule has 2 aromatic carbocycles. The van der Waals surface area contributed by atoms with Crippen molar-refractivity contribution in [3.8, 4) is 0 Å². The molecule has 0 aliphatic carbocycles. The molecule has 3 heterocycles. The minimum Gasteiger partial charge on any atom is -0.368 e. The third-order valence-corrected chi connectivity index (χ3v) is 6.13. The molecule has 1 atom stereocenters. The van der Waals surface area contributed by atoms with E-state index in [1.165, 1.54) is 6.07 Å². The summed E-state index contributed by atoms with van der Waals surface area (Å²) >= 11 is 0. The van der Waals surface area contributed by atoms with E-state index >= 15 is 4.39 Å². The van der Waals surface area contributed by atoms with Crippen LogP contribution < -0.4 is 5.73 Å². The van der Waals surface area contributed by atoms with Crippen molar-refractivity contribution in [1.82, 2.24) is 19.9 Å². The molecule has 0 bridgehead atoms. The first kappa shape index (κ1) is 21.1. The average Bonchev–Trinajstić information content (AvgIpc) is 3.16. The molecule has 7 heteroatoms. The first-order chi connectivity index (χ1) is 15.9. The number of para-hydroxylation sites is 1. The Morgan fingerprint density at radius 3 is 2.73 bits per heavy atom. The molecule has 0 saturated heterocycles. The number of hydrogen-bond donors (Lipinski definition) is 2. The summed E-state index contributed by atoms with van der Waals surface area (Å²) < 4.78 is 15.0. The van der Waals surface area contributed by atoms with Crippen LogP contribution in [0, 0.1) is 11.7 Å². The van der Waals surface area contributed by atoms with Gasteiger partial charge in [-0.2, -0.15) is 0 Å². The van der Waals surface area contributed by atoms with Gasteiger partial charge >= 0.3 is 0 Å². The molecule has 1 unspecified atom stereocenters. The molecule has 168 valence electrons. The number of aromatic amines is 1. The SMILES string of the molecule is CC(C)Cc1cc(C(=O)N2CCc3c([nH]c4ccccc34)C2c2ccccc2F)nc(N)n1. The van der Waals surface area contributed by atoms with Crippen molar-refractivity contribution in [1.29, 1.82) is 0 Å².